The fourth-order valence-corrected chi connectivity index (χ4v) is 1.13. The van der Waals surface area contributed by atoms with Crippen LogP contribution in [0.15, 0.2) is 36.4 Å². The lowest BCUT2D eigenvalue weighted by molar-refractivity contribution is -0.141. The highest BCUT2D eigenvalue weighted by Crippen LogP contribution is 2.12. The summed E-state index contributed by atoms with van der Waals surface area (Å²) < 4.78 is 21.4. The van der Waals surface area contributed by atoms with E-state index in [1.165, 1.54) is 0 Å². The van der Waals surface area contributed by atoms with Gasteiger partial charge in [-0.05, 0) is 11.6 Å². The molecular formula is C12H11NO5S. The van der Waals surface area contributed by atoms with Crippen LogP contribution in [-0.4, -0.2) is 32.7 Å². The Morgan fingerprint density at radius 3 is 2.42 bits per heavy atom. The maximum atomic E-state index is 10.2. The van der Waals surface area contributed by atoms with Crippen LogP contribution in [0.2, 0.25) is 0 Å². The molecule has 0 aliphatic rings. The van der Waals surface area contributed by atoms with Crippen molar-refractivity contribution in [2.75, 3.05) is 13.2 Å². The third-order valence-corrected chi connectivity index (χ3v) is 1.84. The van der Waals surface area contributed by atoms with Gasteiger partial charge in [0.05, 0.1) is 18.2 Å². The zero-order chi connectivity index (χ0) is 14.5. The molecule has 1 aromatic carbocycles. The van der Waals surface area contributed by atoms with Crippen LogP contribution >= 0.6 is 0 Å². The number of hydrogen-bond donors (Lipinski definition) is 1. The van der Waals surface area contributed by atoms with Crippen LogP contribution in [0.4, 0.5) is 0 Å². The van der Waals surface area contributed by atoms with Gasteiger partial charge < -0.3 is 9.84 Å². The van der Waals surface area contributed by atoms with Gasteiger partial charge >= 0.3 is 17.5 Å². The Kier molecular flexibility index (Phi) is 9.52. The van der Waals surface area contributed by atoms with Crippen molar-refractivity contribution in [3.05, 3.63) is 42.0 Å². The third-order valence-electron chi connectivity index (χ3n) is 1.84. The summed E-state index contributed by atoms with van der Waals surface area (Å²) in [6.07, 6.45) is 1.57. The average molecular weight is 281 g/mol. The second-order valence-corrected chi connectivity index (χ2v) is 3.21. The standard InChI is InChI=1S/C12H11NO3.O2S/c13-8-11(6-7-16-9-12(14)15)10-4-2-1-3-5-10;1-3-2/h1-6H,7,9H2,(H,14,15);/b11-6-;. The average Bonchev–Trinajstić information content (AvgIpc) is 2.40. The van der Waals surface area contributed by atoms with Gasteiger partial charge in [-0.3, -0.25) is 0 Å². The summed E-state index contributed by atoms with van der Waals surface area (Å²) in [5.74, 6) is -1.02. The quantitative estimate of drug-likeness (QED) is 0.638. The van der Waals surface area contributed by atoms with Crippen LogP contribution in [0.5, 0.6) is 0 Å². The highest BCUT2D eigenvalue weighted by atomic mass is 32.1. The molecule has 0 heterocycles. The number of allylic oxidation sites excluding steroid dienone is 1. The molecular weight excluding hydrogens is 270 g/mol. The Morgan fingerprint density at radius 2 is 1.95 bits per heavy atom. The predicted octanol–water partition coefficient (Wildman–Crippen LogP) is 1.02. The normalized spacial score (nSPS) is 9.74. The number of benzene rings is 1. The Morgan fingerprint density at radius 1 is 1.37 bits per heavy atom. The number of nitrogens with zero attached hydrogens (tertiary/aromatic N) is 1. The molecule has 0 amide bonds. The first kappa shape index (κ1) is 16.7. The number of ether oxygens (including phenoxy) is 1. The summed E-state index contributed by atoms with van der Waals surface area (Å²) in [6, 6.07) is 11.2. The Labute approximate surface area is 113 Å². The van der Waals surface area contributed by atoms with E-state index in [0.717, 1.165) is 5.56 Å². The van der Waals surface area contributed by atoms with E-state index in [4.69, 9.17) is 23.5 Å². The molecule has 0 bridgehead atoms. The SMILES string of the molecule is N#C/C(=C/COCC(=O)O)c1ccccc1.O=S=O. The first-order valence-corrected chi connectivity index (χ1v) is 5.69. The monoisotopic (exact) mass is 281 g/mol. The number of rotatable bonds is 5. The van der Waals surface area contributed by atoms with Crippen LogP contribution in [-0.2, 0) is 21.1 Å². The smallest absolute Gasteiger partial charge is 0.335 e. The minimum absolute atomic E-state index is 0.115. The van der Waals surface area contributed by atoms with E-state index in [2.05, 4.69) is 0 Å². The number of carboxylic acids is 1. The molecule has 1 N–H and O–H groups in total. The molecule has 0 aliphatic heterocycles. The highest BCUT2D eigenvalue weighted by Gasteiger charge is 1.99. The van der Waals surface area contributed by atoms with Crippen molar-refractivity contribution < 1.29 is 23.1 Å². The van der Waals surface area contributed by atoms with Gasteiger partial charge in [0.25, 0.3) is 0 Å². The summed E-state index contributed by atoms with van der Waals surface area (Å²) in [4.78, 5) is 10.2. The van der Waals surface area contributed by atoms with E-state index in [-0.39, 0.29) is 13.2 Å². The van der Waals surface area contributed by atoms with Crippen molar-refractivity contribution >= 4 is 23.1 Å². The molecule has 7 heteroatoms. The lowest BCUT2D eigenvalue weighted by Crippen LogP contribution is -2.06. The Hall–Kier alpha value is -2.30. The van der Waals surface area contributed by atoms with Gasteiger partial charge in [0, 0.05) is 0 Å². The minimum Gasteiger partial charge on any atom is -0.480 e. The van der Waals surface area contributed by atoms with Crippen molar-refractivity contribution in [1.82, 2.24) is 0 Å². The maximum absolute atomic E-state index is 10.2. The molecule has 1 rings (SSSR count). The molecule has 0 saturated heterocycles. The summed E-state index contributed by atoms with van der Waals surface area (Å²) in [5, 5.41) is 17.2. The van der Waals surface area contributed by atoms with E-state index < -0.39 is 17.5 Å². The van der Waals surface area contributed by atoms with Gasteiger partial charge in [-0.1, -0.05) is 30.3 Å². The summed E-state index contributed by atoms with van der Waals surface area (Å²) >= 11 is -0.750. The fourth-order valence-electron chi connectivity index (χ4n) is 1.13. The molecule has 0 spiro atoms. The van der Waals surface area contributed by atoms with Crippen molar-refractivity contribution in [2.24, 2.45) is 0 Å². The summed E-state index contributed by atoms with van der Waals surface area (Å²) in [6.45, 7) is -0.242. The van der Waals surface area contributed by atoms with Gasteiger partial charge in [0.1, 0.15) is 6.61 Å². The number of carboxylic acid groups (broad SMARTS) is 1. The minimum atomic E-state index is -1.02. The first-order valence-electron chi connectivity index (χ1n) is 5.02. The Balaban J connectivity index is 0.000000982. The molecule has 0 aromatic heterocycles. The second-order valence-electron chi connectivity index (χ2n) is 3.07. The second kappa shape index (κ2) is 10.8. The van der Waals surface area contributed by atoms with Crippen LogP contribution in [0.1, 0.15) is 5.56 Å². The first-order chi connectivity index (χ1) is 9.15. The number of aliphatic carboxylic acids is 1. The fraction of sp³-hybridized carbons (Fsp3) is 0.167. The topological polar surface area (TPSA) is 104 Å². The zero-order valence-electron chi connectivity index (χ0n) is 9.81. The molecule has 0 saturated carbocycles. The van der Waals surface area contributed by atoms with Gasteiger partial charge in [-0.2, -0.15) is 13.7 Å². The summed E-state index contributed by atoms with van der Waals surface area (Å²) in [7, 11) is 0. The Bertz CT molecular complexity index is 501. The largest absolute Gasteiger partial charge is 0.480 e. The van der Waals surface area contributed by atoms with Crippen LogP contribution in [0.3, 0.4) is 0 Å². The van der Waals surface area contributed by atoms with E-state index >= 15 is 0 Å². The zero-order valence-corrected chi connectivity index (χ0v) is 10.6. The molecule has 0 aliphatic carbocycles. The predicted molar refractivity (Wildman–Crippen MR) is 67.4 cm³/mol. The van der Waals surface area contributed by atoms with Gasteiger partial charge in [-0.25, -0.2) is 4.79 Å². The number of nitriles is 1. The maximum Gasteiger partial charge on any atom is 0.335 e. The lowest BCUT2D eigenvalue weighted by atomic mass is 10.1. The van der Waals surface area contributed by atoms with E-state index in [0.29, 0.717) is 5.57 Å². The molecule has 100 valence electrons. The van der Waals surface area contributed by atoms with Gasteiger partial charge in [0.2, 0.25) is 0 Å². The van der Waals surface area contributed by atoms with Crippen LogP contribution in [0.25, 0.3) is 5.57 Å². The molecule has 0 unspecified atom stereocenters. The van der Waals surface area contributed by atoms with Crippen molar-refractivity contribution in [3.63, 3.8) is 0 Å². The van der Waals surface area contributed by atoms with E-state index in [1.54, 1.807) is 6.08 Å². The molecule has 0 fully saturated rings. The van der Waals surface area contributed by atoms with Crippen LogP contribution < -0.4 is 0 Å². The molecule has 1 aromatic rings. The summed E-state index contributed by atoms with van der Waals surface area (Å²) in [5.41, 5.74) is 1.27. The lowest BCUT2D eigenvalue weighted by Gasteiger charge is -1.99. The van der Waals surface area contributed by atoms with E-state index in [9.17, 15) is 4.79 Å². The molecule has 6 nitrogen and oxygen atoms in total. The number of carbonyl (C=O) groups is 1. The van der Waals surface area contributed by atoms with Crippen molar-refractivity contribution in [2.45, 2.75) is 0 Å². The third kappa shape index (κ3) is 8.43. The highest BCUT2D eigenvalue weighted by molar-refractivity contribution is 7.51. The van der Waals surface area contributed by atoms with Gasteiger partial charge in [0.15, 0.2) is 0 Å². The molecule has 0 radical (unpaired) electrons. The number of hydrogen-bond acceptors (Lipinski definition) is 5. The molecule has 19 heavy (non-hydrogen) atoms. The van der Waals surface area contributed by atoms with Crippen molar-refractivity contribution in [3.8, 4) is 6.07 Å². The van der Waals surface area contributed by atoms with E-state index in [1.807, 2.05) is 36.4 Å². The van der Waals surface area contributed by atoms with Gasteiger partial charge in [-0.15, -0.1) is 0 Å². The van der Waals surface area contributed by atoms with Crippen LogP contribution in [0, 0.1) is 11.3 Å². The van der Waals surface area contributed by atoms with Crippen molar-refractivity contribution in [1.29, 1.82) is 5.26 Å². The molecule has 0 atom stereocenters.